The van der Waals surface area contributed by atoms with Crippen molar-refractivity contribution in [3.05, 3.63) is 52.0 Å². The highest BCUT2D eigenvalue weighted by Gasteiger charge is 2.13. The van der Waals surface area contributed by atoms with Crippen molar-refractivity contribution in [2.75, 3.05) is 21.3 Å². The van der Waals surface area contributed by atoms with E-state index in [9.17, 15) is 0 Å². The van der Waals surface area contributed by atoms with E-state index in [1.807, 2.05) is 36.4 Å². The van der Waals surface area contributed by atoms with Gasteiger partial charge in [-0.1, -0.05) is 34.1 Å². The van der Waals surface area contributed by atoms with Gasteiger partial charge in [0.1, 0.15) is 5.75 Å². The van der Waals surface area contributed by atoms with Crippen LogP contribution in [0.3, 0.4) is 0 Å². The summed E-state index contributed by atoms with van der Waals surface area (Å²) < 4.78 is 17.2. The molecule has 0 atom stereocenters. The summed E-state index contributed by atoms with van der Waals surface area (Å²) in [5.41, 5.74) is 2.14. The lowest BCUT2D eigenvalue weighted by Gasteiger charge is -2.15. The van der Waals surface area contributed by atoms with Crippen molar-refractivity contribution in [3.8, 4) is 17.2 Å². The second-order valence-electron chi connectivity index (χ2n) is 4.68. The molecule has 0 aliphatic carbocycles. The van der Waals surface area contributed by atoms with E-state index >= 15 is 0 Å². The van der Waals surface area contributed by atoms with Gasteiger partial charge < -0.3 is 19.5 Å². The first-order valence-corrected chi connectivity index (χ1v) is 7.72. The summed E-state index contributed by atoms with van der Waals surface area (Å²) in [6.07, 6.45) is 0. The molecule has 2 rings (SSSR count). The molecule has 0 aromatic heterocycles. The molecule has 2 aromatic rings. The van der Waals surface area contributed by atoms with Gasteiger partial charge in [0.15, 0.2) is 11.5 Å². The molecule has 0 bridgehead atoms. The number of ether oxygens (including phenoxy) is 3. The highest BCUT2D eigenvalue weighted by Crippen LogP contribution is 2.35. The van der Waals surface area contributed by atoms with E-state index in [1.165, 1.54) is 0 Å². The number of rotatable bonds is 7. The maximum Gasteiger partial charge on any atom is 0.166 e. The Hall–Kier alpha value is -1.72. The van der Waals surface area contributed by atoms with Gasteiger partial charge in [0.05, 0.1) is 21.3 Å². The Labute approximate surface area is 139 Å². The third-order valence-corrected chi connectivity index (χ3v) is 4.14. The van der Waals surface area contributed by atoms with Crippen LogP contribution in [-0.2, 0) is 13.1 Å². The quantitative estimate of drug-likeness (QED) is 0.810. The first kappa shape index (κ1) is 16.6. The predicted octanol–water partition coefficient (Wildman–Crippen LogP) is 3.76. The molecule has 0 aliphatic heterocycles. The fourth-order valence-electron chi connectivity index (χ4n) is 2.30. The minimum Gasteiger partial charge on any atom is -0.496 e. The first-order chi connectivity index (χ1) is 10.7. The van der Waals surface area contributed by atoms with Gasteiger partial charge in [-0.2, -0.15) is 0 Å². The van der Waals surface area contributed by atoms with E-state index in [2.05, 4.69) is 21.2 Å². The van der Waals surface area contributed by atoms with Crippen LogP contribution < -0.4 is 19.5 Å². The molecule has 0 unspecified atom stereocenters. The number of methoxy groups -OCH3 is 3. The molecule has 4 nitrogen and oxygen atoms in total. The van der Waals surface area contributed by atoms with E-state index in [0.717, 1.165) is 32.8 Å². The topological polar surface area (TPSA) is 39.7 Å². The molecule has 1 N–H and O–H groups in total. The van der Waals surface area contributed by atoms with E-state index in [4.69, 9.17) is 14.2 Å². The van der Waals surface area contributed by atoms with Crippen LogP contribution in [-0.4, -0.2) is 21.3 Å². The molecule has 0 fully saturated rings. The molecular weight excluding hydrogens is 346 g/mol. The third-order valence-electron chi connectivity index (χ3n) is 3.40. The van der Waals surface area contributed by atoms with Crippen LogP contribution in [0.1, 0.15) is 11.1 Å². The Kier molecular flexibility index (Phi) is 6.10. The molecule has 0 saturated carbocycles. The molecule has 0 amide bonds. The Morgan fingerprint density at radius 2 is 1.59 bits per heavy atom. The maximum atomic E-state index is 5.48. The number of halogens is 1. The van der Waals surface area contributed by atoms with Crippen molar-refractivity contribution in [1.29, 1.82) is 0 Å². The van der Waals surface area contributed by atoms with Crippen molar-refractivity contribution >= 4 is 15.9 Å². The van der Waals surface area contributed by atoms with Crippen molar-refractivity contribution in [2.24, 2.45) is 0 Å². The van der Waals surface area contributed by atoms with Gasteiger partial charge in [-0.05, 0) is 18.2 Å². The zero-order valence-corrected chi connectivity index (χ0v) is 14.6. The highest BCUT2D eigenvalue weighted by atomic mass is 79.9. The summed E-state index contributed by atoms with van der Waals surface area (Å²) >= 11 is 3.57. The smallest absolute Gasteiger partial charge is 0.166 e. The summed E-state index contributed by atoms with van der Waals surface area (Å²) in [5, 5.41) is 3.41. The lowest BCUT2D eigenvalue weighted by Crippen LogP contribution is -2.14. The van der Waals surface area contributed by atoms with Gasteiger partial charge in [-0.3, -0.25) is 0 Å². The molecule has 0 spiro atoms. The largest absolute Gasteiger partial charge is 0.496 e. The van der Waals surface area contributed by atoms with Crippen LogP contribution in [0.5, 0.6) is 17.2 Å². The normalized spacial score (nSPS) is 10.4. The molecule has 118 valence electrons. The number of hydrogen-bond donors (Lipinski definition) is 1. The van der Waals surface area contributed by atoms with E-state index in [-0.39, 0.29) is 0 Å². The van der Waals surface area contributed by atoms with Crippen molar-refractivity contribution in [1.82, 2.24) is 5.32 Å². The average molecular weight is 366 g/mol. The summed E-state index contributed by atoms with van der Waals surface area (Å²) in [7, 11) is 4.96. The molecule has 0 heterocycles. The monoisotopic (exact) mass is 365 g/mol. The van der Waals surface area contributed by atoms with E-state index in [0.29, 0.717) is 13.1 Å². The first-order valence-electron chi connectivity index (χ1n) is 6.93. The van der Waals surface area contributed by atoms with Gasteiger partial charge in [-0.15, -0.1) is 0 Å². The lowest BCUT2D eigenvalue weighted by atomic mass is 10.1. The molecule has 22 heavy (non-hydrogen) atoms. The van der Waals surface area contributed by atoms with Crippen LogP contribution in [0, 0.1) is 0 Å². The zero-order valence-electron chi connectivity index (χ0n) is 13.0. The summed E-state index contributed by atoms with van der Waals surface area (Å²) in [6.45, 7) is 1.36. The number of benzene rings is 2. The third kappa shape index (κ3) is 3.72. The zero-order chi connectivity index (χ0) is 15.9. The van der Waals surface area contributed by atoms with Gasteiger partial charge in [0, 0.05) is 28.7 Å². The van der Waals surface area contributed by atoms with Crippen molar-refractivity contribution < 1.29 is 14.2 Å². The molecular formula is C17H20BrNO3. The van der Waals surface area contributed by atoms with Gasteiger partial charge >= 0.3 is 0 Å². The Balaban J connectivity index is 2.11. The lowest BCUT2D eigenvalue weighted by molar-refractivity contribution is 0.350. The van der Waals surface area contributed by atoms with E-state index in [1.54, 1.807) is 21.3 Å². The van der Waals surface area contributed by atoms with Crippen molar-refractivity contribution in [2.45, 2.75) is 13.1 Å². The molecule has 5 heteroatoms. The van der Waals surface area contributed by atoms with E-state index < -0.39 is 0 Å². The second-order valence-corrected chi connectivity index (χ2v) is 5.53. The summed E-state index contributed by atoms with van der Waals surface area (Å²) in [6, 6.07) is 11.8. The highest BCUT2D eigenvalue weighted by molar-refractivity contribution is 9.10. The van der Waals surface area contributed by atoms with Crippen molar-refractivity contribution in [3.63, 3.8) is 0 Å². The molecule has 0 radical (unpaired) electrons. The Bertz CT molecular complexity index is 631. The Morgan fingerprint density at radius 1 is 0.864 bits per heavy atom. The maximum absolute atomic E-state index is 5.48. The fraction of sp³-hybridized carbons (Fsp3) is 0.294. The predicted molar refractivity (Wildman–Crippen MR) is 90.8 cm³/mol. The molecule has 2 aromatic carbocycles. The number of nitrogens with one attached hydrogen (secondary N) is 1. The Morgan fingerprint density at radius 3 is 2.27 bits per heavy atom. The molecule has 0 saturated heterocycles. The standard InChI is InChI=1S/C17H20BrNO3/c1-20-15-7-5-4-6-12(15)10-19-11-13-14(18)8-9-16(21-2)17(13)22-3/h4-9,19H,10-11H2,1-3H3. The van der Waals surface area contributed by atoms with Crippen LogP contribution in [0.25, 0.3) is 0 Å². The number of para-hydroxylation sites is 1. The van der Waals surface area contributed by atoms with Crippen LogP contribution in [0.15, 0.2) is 40.9 Å². The minimum absolute atomic E-state index is 0.652. The van der Waals surface area contributed by atoms with Gasteiger partial charge in [0.2, 0.25) is 0 Å². The van der Waals surface area contributed by atoms with Gasteiger partial charge in [-0.25, -0.2) is 0 Å². The van der Waals surface area contributed by atoms with Gasteiger partial charge in [0.25, 0.3) is 0 Å². The summed E-state index contributed by atoms with van der Waals surface area (Å²) in [4.78, 5) is 0. The number of hydrogen-bond acceptors (Lipinski definition) is 4. The SMILES string of the molecule is COc1ccccc1CNCc1c(Br)ccc(OC)c1OC. The average Bonchev–Trinajstić information content (AvgIpc) is 2.56. The summed E-state index contributed by atoms with van der Waals surface area (Å²) in [5.74, 6) is 2.34. The molecule has 0 aliphatic rings. The second kappa shape index (κ2) is 8.06. The van der Waals surface area contributed by atoms with Crippen LogP contribution >= 0.6 is 15.9 Å². The van der Waals surface area contributed by atoms with Crippen LogP contribution in [0.2, 0.25) is 0 Å². The minimum atomic E-state index is 0.652. The van der Waals surface area contributed by atoms with Crippen LogP contribution in [0.4, 0.5) is 0 Å². The fourth-order valence-corrected chi connectivity index (χ4v) is 2.76.